The van der Waals surface area contributed by atoms with E-state index >= 15 is 0 Å². The Morgan fingerprint density at radius 1 is 1.22 bits per heavy atom. The van der Waals surface area contributed by atoms with Crippen LogP contribution < -0.4 is 0 Å². The molecule has 164 valence electrons. The van der Waals surface area contributed by atoms with E-state index in [2.05, 4.69) is 10.3 Å². The molecule has 9 heteroatoms. The van der Waals surface area contributed by atoms with Crippen LogP contribution in [0, 0.1) is 25.5 Å². The van der Waals surface area contributed by atoms with Crippen LogP contribution in [0.25, 0.3) is 11.3 Å². The second-order valence-electron chi connectivity index (χ2n) is 7.96. The normalized spacial score (nSPS) is 15.8. The smallest absolute Gasteiger partial charge is 0.276 e. The molecule has 1 amide bonds. The average Bonchev–Trinajstić information content (AvgIpc) is 3.47. The van der Waals surface area contributed by atoms with E-state index < -0.39 is 11.6 Å². The highest BCUT2D eigenvalue weighted by molar-refractivity contribution is 7.10. The van der Waals surface area contributed by atoms with Gasteiger partial charge < -0.3 is 9.42 Å². The Morgan fingerprint density at radius 2 is 2.03 bits per heavy atom. The molecule has 0 aliphatic carbocycles. The summed E-state index contributed by atoms with van der Waals surface area (Å²) in [5.41, 5.74) is 4.37. The molecule has 0 radical (unpaired) electrons. The summed E-state index contributed by atoms with van der Waals surface area (Å²) in [6, 6.07) is 6.61. The minimum absolute atomic E-state index is 0.0114. The van der Waals surface area contributed by atoms with E-state index in [9.17, 15) is 13.6 Å². The van der Waals surface area contributed by atoms with Crippen molar-refractivity contribution in [3.05, 3.63) is 80.4 Å². The molecule has 32 heavy (non-hydrogen) atoms. The average molecular weight is 455 g/mol. The quantitative estimate of drug-likeness (QED) is 0.445. The van der Waals surface area contributed by atoms with Gasteiger partial charge in [-0.05, 0) is 43.0 Å². The highest BCUT2D eigenvalue weighted by atomic mass is 32.1. The molecule has 1 aromatic carbocycles. The van der Waals surface area contributed by atoms with Gasteiger partial charge in [0.05, 0.1) is 11.3 Å². The molecule has 5 rings (SSSR count). The molecule has 4 heterocycles. The van der Waals surface area contributed by atoms with E-state index in [1.165, 1.54) is 17.0 Å². The minimum Gasteiger partial charge on any atom is -0.355 e. The lowest BCUT2D eigenvalue weighted by atomic mass is 9.89. The van der Waals surface area contributed by atoms with Crippen molar-refractivity contribution in [2.24, 2.45) is 7.05 Å². The number of amides is 1. The molecule has 1 aliphatic rings. The third-order valence-electron chi connectivity index (χ3n) is 5.99. The summed E-state index contributed by atoms with van der Waals surface area (Å²) in [5, 5.41) is 10.5. The number of fused-ring (bicyclic) bond motifs is 1. The molecule has 6 nitrogen and oxygen atoms in total. The largest absolute Gasteiger partial charge is 0.355 e. The van der Waals surface area contributed by atoms with E-state index in [0.717, 1.165) is 34.6 Å². The van der Waals surface area contributed by atoms with Crippen molar-refractivity contribution in [1.29, 1.82) is 0 Å². The van der Waals surface area contributed by atoms with Gasteiger partial charge in [-0.3, -0.25) is 9.48 Å². The van der Waals surface area contributed by atoms with Crippen LogP contribution in [-0.4, -0.2) is 32.3 Å². The molecule has 1 unspecified atom stereocenters. The molecule has 3 aromatic heterocycles. The zero-order valence-corrected chi connectivity index (χ0v) is 18.5. The molecule has 0 saturated heterocycles. The van der Waals surface area contributed by atoms with Gasteiger partial charge in [0, 0.05) is 54.3 Å². The standard InChI is InChI=1S/C23H20F2N4O2S/c1-12-21(13(2)28(3)26-12)17-11-29(10-14-6-7-32-22(14)17)23(30)19-9-20(31-27-19)16-5-4-15(24)8-18(16)25/h4-9,17H,10-11H2,1-3H3. The zero-order chi connectivity index (χ0) is 22.6. The molecular formula is C23H20F2N4O2S. The molecule has 0 spiro atoms. The summed E-state index contributed by atoms with van der Waals surface area (Å²) in [6.07, 6.45) is 0. The summed E-state index contributed by atoms with van der Waals surface area (Å²) < 4.78 is 34.4. The van der Waals surface area contributed by atoms with Gasteiger partial charge in [-0.15, -0.1) is 11.3 Å². The lowest BCUT2D eigenvalue weighted by Crippen LogP contribution is -2.38. The number of halogens is 2. The van der Waals surface area contributed by atoms with Crippen molar-refractivity contribution in [2.75, 3.05) is 6.54 Å². The fourth-order valence-electron chi connectivity index (χ4n) is 4.38. The second kappa shape index (κ2) is 7.67. The van der Waals surface area contributed by atoms with Crippen molar-refractivity contribution in [3.8, 4) is 11.3 Å². The van der Waals surface area contributed by atoms with Crippen LogP contribution >= 0.6 is 11.3 Å². The molecule has 0 bridgehead atoms. The van der Waals surface area contributed by atoms with E-state index in [1.54, 1.807) is 16.2 Å². The predicted molar refractivity (Wildman–Crippen MR) is 115 cm³/mol. The summed E-state index contributed by atoms with van der Waals surface area (Å²) in [4.78, 5) is 16.3. The number of carbonyl (C=O) groups excluding carboxylic acids is 1. The maximum atomic E-state index is 14.1. The Bertz CT molecular complexity index is 1340. The van der Waals surface area contributed by atoms with Gasteiger partial charge >= 0.3 is 0 Å². The molecule has 0 N–H and O–H groups in total. The maximum absolute atomic E-state index is 14.1. The molecule has 4 aromatic rings. The third kappa shape index (κ3) is 3.33. The highest BCUT2D eigenvalue weighted by Gasteiger charge is 2.34. The number of carbonyl (C=O) groups is 1. The first-order valence-electron chi connectivity index (χ1n) is 10.1. The minimum atomic E-state index is -0.774. The number of benzene rings is 1. The Kier molecular flexibility index (Phi) is 4.93. The molecule has 0 saturated carbocycles. The lowest BCUT2D eigenvalue weighted by molar-refractivity contribution is 0.0715. The number of thiophene rings is 1. The fourth-order valence-corrected chi connectivity index (χ4v) is 5.40. The van der Waals surface area contributed by atoms with Crippen LogP contribution in [0.1, 0.15) is 43.8 Å². The number of hydrogen-bond donors (Lipinski definition) is 0. The van der Waals surface area contributed by atoms with E-state index in [-0.39, 0.29) is 28.8 Å². The van der Waals surface area contributed by atoms with Gasteiger partial charge in [-0.25, -0.2) is 8.78 Å². The van der Waals surface area contributed by atoms with Crippen LogP contribution in [-0.2, 0) is 13.6 Å². The first kappa shape index (κ1) is 20.6. The van der Waals surface area contributed by atoms with Gasteiger partial charge in [0.15, 0.2) is 11.5 Å². The van der Waals surface area contributed by atoms with Gasteiger partial charge in [-0.2, -0.15) is 5.10 Å². The van der Waals surface area contributed by atoms with Crippen molar-refractivity contribution >= 4 is 17.2 Å². The van der Waals surface area contributed by atoms with Crippen LogP contribution in [0.4, 0.5) is 8.78 Å². The van der Waals surface area contributed by atoms with Crippen molar-refractivity contribution in [1.82, 2.24) is 19.8 Å². The van der Waals surface area contributed by atoms with Crippen molar-refractivity contribution in [2.45, 2.75) is 26.3 Å². The Hall–Kier alpha value is -3.33. The molecule has 1 aliphatic heterocycles. The summed E-state index contributed by atoms with van der Waals surface area (Å²) in [5.74, 6) is -1.67. The third-order valence-corrected chi connectivity index (χ3v) is 7.06. The van der Waals surface area contributed by atoms with Crippen LogP contribution in [0.5, 0.6) is 0 Å². The molecule has 0 fully saturated rings. The van der Waals surface area contributed by atoms with Crippen LogP contribution in [0.2, 0.25) is 0 Å². The fraction of sp³-hybridized carbons (Fsp3) is 0.261. The Morgan fingerprint density at radius 3 is 2.75 bits per heavy atom. The number of nitrogens with zero attached hydrogens (tertiary/aromatic N) is 4. The van der Waals surface area contributed by atoms with Gasteiger partial charge in [0.2, 0.25) is 0 Å². The topological polar surface area (TPSA) is 64.2 Å². The lowest BCUT2D eigenvalue weighted by Gasteiger charge is -2.32. The summed E-state index contributed by atoms with van der Waals surface area (Å²) >= 11 is 1.69. The van der Waals surface area contributed by atoms with E-state index in [1.807, 2.05) is 37.0 Å². The summed E-state index contributed by atoms with van der Waals surface area (Å²) in [7, 11) is 1.92. The highest BCUT2D eigenvalue weighted by Crippen LogP contribution is 2.40. The first-order valence-corrected chi connectivity index (χ1v) is 11.0. The summed E-state index contributed by atoms with van der Waals surface area (Å²) in [6.45, 7) is 4.95. The van der Waals surface area contributed by atoms with E-state index in [0.29, 0.717) is 13.1 Å². The second-order valence-corrected chi connectivity index (χ2v) is 8.90. The van der Waals surface area contributed by atoms with Gasteiger partial charge in [0.25, 0.3) is 5.91 Å². The first-order chi connectivity index (χ1) is 15.3. The van der Waals surface area contributed by atoms with Gasteiger partial charge in [-0.1, -0.05) is 5.16 Å². The zero-order valence-electron chi connectivity index (χ0n) is 17.7. The number of hydrogen-bond acceptors (Lipinski definition) is 5. The van der Waals surface area contributed by atoms with Crippen molar-refractivity contribution in [3.63, 3.8) is 0 Å². The monoisotopic (exact) mass is 454 g/mol. The van der Waals surface area contributed by atoms with Crippen LogP contribution in [0.15, 0.2) is 40.2 Å². The number of aromatic nitrogens is 3. The van der Waals surface area contributed by atoms with Crippen LogP contribution in [0.3, 0.4) is 0 Å². The predicted octanol–water partition coefficient (Wildman–Crippen LogP) is 4.82. The SMILES string of the molecule is Cc1nn(C)c(C)c1C1CN(C(=O)c2cc(-c3ccc(F)cc3F)on2)Cc2ccsc21. The maximum Gasteiger partial charge on any atom is 0.276 e. The molecule has 1 atom stereocenters. The number of rotatable bonds is 3. The van der Waals surface area contributed by atoms with E-state index in [4.69, 9.17) is 4.52 Å². The van der Waals surface area contributed by atoms with Gasteiger partial charge in [0.1, 0.15) is 11.6 Å². The molecular weight excluding hydrogens is 434 g/mol. The van der Waals surface area contributed by atoms with Crippen molar-refractivity contribution < 1.29 is 18.1 Å². The Balaban J connectivity index is 1.47. The number of aryl methyl sites for hydroxylation is 2. The Labute approximate surface area is 187 Å².